The lowest BCUT2D eigenvalue weighted by molar-refractivity contribution is 0.554. The van der Waals surface area contributed by atoms with Crippen LogP contribution in [0.3, 0.4) is 0 Å². The van der Waals surface area contributed by atoms with Gasteiger partial charge in [-0.25, -0.2) is 0 Å². The van der Waals surface area contributed by atoms with E-state index in [4.69, 9.17) is 4.12 Å². The summed E-state index contributed by atoms with van der Waals surface area (Å²) in [6.45, 7) is 4.60. The Kier molecular flexibility index (Phi) is 22.8. The SMILES string of the molecule is CCCCCCCCCCC[SiH](CCCCCCCCCCC)O[SiH3]. The van der Waals surface area contributed by atoms with Gasteiger partial charge in [0.25, 0.3) is 0 Å². The van der Waals surface area contributed by atoms with E-state index in [0.29, 0.717) is 0 Å². The van der Waals surface area contributed by atoms with Crippen LogP contribution < -0.4 is 0 Å². The molecule has 0 amide bonds. The molecule has 0 aliphatic rings. The van der Waals surface area contributed by atoms with Crippen LogP contribution in [0.15, 0.2) is 0 Å². The summed E-state index contributed by atoms with van der Waals surface area (Å²) in [5.41, 5.74) is 0. The van der Waals surface area contributed by atoms with Crippen LogP contribution >= 0.6 is 0 Å². The predicted molar refractivity (Wildman–Crippen MR) is 122 cm³/mol. The van der Waals surface area contributed by atoms with Crippen LogP contribution in [-0.4, -0.2) is 19.5 Å². The van der Waals surface area contributed by atoms with E-state index >= 15 is 0 Å². The molecule has 0 aliphatic carbocycles. The second-order valence-corrected chi connectivity index (χ2v) is 12.4. The monoisotopic (exact) mass is 386 g/mol. The van der Waals surface area contributed by atoms with Crippen molar-refractivity contribution in [1.82, 2.24) is 0 Å². The van der Waals surface area contributed by atoms with E-state index < -0.39 is 9.04 Å². The molecule has 0 saturated heterocycles. The van der Waals surface area contributed by atoms with Gasteiger partial charge in [-0.05, 0) is 12.1 Å². The fourth-order valence-electron chi connectivity index (χ4n) is 3.75. The summed E-state index contributed by atoms with van der Waals surface area (Å²) in [6, 6.07) is 2.91. The molecule has 1 nitrogen and oxygen atoms in total. The Bertz CT molecular complexity index is 214. The molecule has 0 heterocycles. The largest absolute Gasteiger partial charge is 0.465 e. The van der Waals surface area contributed by atoms with Crippen LogP contribution in [0.1, 0.15) is 129 Å². The van der Waals surface area contributed by atoms with Crippen molar-refractivity contribution < 1.29 is 4.12 Å². The Morgan fingerprint density at radius 3 is 1.04 bits per heavy atom. The fraction of sp³-hybridized carbons (Fsp3) is 1.00. The smallest absolute Gasteiger partial charge is 0.162 e. The first-order valence-corrected chi connectivity index (χ1v) is 14.8. The third kappa shape index (κ3) is 20.6. The first-order valence-electron chi connectivity index (χ1n) is 11.9. The van der Waals surface area contributed by atoms with Crippen LogP contribution in [0, 0.1) is 0 Å². The molecule has 0 aromatic rings. The minimum absolute atomic E-state index is 0.800. The zero-order chi connectivity index (χ0) is 18.4. The molecule has 25 heavy (non-hydrogen) atoms. The number of unbranched alkanes of at least 4 members (excludes halogenated alkanes) is 16. The summed E-state index contributed by atoms with van der Waals surface area (Å²) < 4.78 is 5.97. The number of hydrogen-bond acceptors (Lipinski definition) is 1. The van der Waals surface area contributed by atoms with E-state index in [2.05, 4.69) is 13.8 Å². The first kappa shape index (κ1) is 25.4. The molecule has 0 spiro atoms. The Morgan fingerprint density at radius 2 is 0.760 bits per heavy atom. The normalized spacial score (nSPS) is 11.6. The highest BCUT2D eigenvalue weighted by Crippen LogP contribution is 2.16. The van der Waals surface area contributed by atoms with Gasteiger partial charge >= 0.3 is 0 Å². The summed E-state index contributed by atoms with van der Waals surface area (Å²) in [7, 11) is 0.176. The highest BCUT2D eigenvalue weighted by Gasteiger charge is 2.08. The van der Waals surface area contributed by atoms with Crippen molar-refractivity contribution in [2.45, 2.75) is 142 Å². The van der Waals surface area contributed by atoms with Gasteiger partial charge in [-0.3, -0.25) is 0 Å². The Morgan fingerprint density at radius 1 is 0.480 bits per heavy atom. The molecule has 0 unspecified atom stereocenters. The molecule has 0 fully saturated rings. The Labute approximate surface area is 165 Å². The molecule has 0 aromatic carbocycles. The van der Waals surface area contributed by atoms with E-state index in [0.717, 1.165) is 10.5 Å². The van der Waals surface area contributed by atoms with Crippen LogP contribution in [0.5, 0.6) is 0 Å². The van der Waals surface area contributed by atoms with E-state index in [1.54, 1.807) is 0 Å². The van der Waals surface area contributed by atoms with Gasteiger partial charge in [0.2, 0.25) is 0 Å². The molecule has 152 valence electrons. The van der Waals surface area contributed by atoms with Crippen molar-refractivity contribution >= 4 is 19.5 Å². The lowest BCUT2D eigenvalue weighted by Crippen LogP contribution is -2.15. The summed E-state index contributed by atoms with van der Waals surface area (Å²) in [5.74, 6) is 0. The van der Waals surface area contributed by atoms with E-state index in [1.807, 2.05) is 0 Å². The quantitative estimate of drug-likeness (QED) is 0.151. The van der Waals surface area contributed by atoms with E-state index in [1.165, 1.54) is 128 Å². The maximum Gasteiger partial charge on any atom is 0.162 e. The van der Waals surface area contributed by atoms with Crippen LogP contribution in [0.4, 0.5) is 0 Å². The predicted octanol–water partition coefficient (Wildman–Crippen LogP) is 7.07. The standard InChI is InChI=1S/C22H50OSi2/c1-3-5-7-9-11-13-15-17-19-21-25(23-24)22-20-18-16-14-12-10-8-6-4-2/h25H,3-22H2,1-2,24H3. The molecular weight excluding hydrogens is 336 g/mol. The van der Waals surface area contributed by atoms with Gasteiger partial charge in [-0.2, -0.15) is 0 Å². The van der Waals surface area contributed by atoms with Crippen molar-refractivity contribution in [3.63, 3.8) is 0 Å². The van der Waals surface area contributed by atoms with Crippen molar-refractivity contribution in [2.24, 2.45) is 0 Å². The van der Waals surface area contributed by atoms with Gasteiger partial charge < -0.3 is 4.12 Å². The molecule has 0 aliphatic heterocycles. The van der Waals surface area contributed by atoms with E-state index in [-0.39, 0.29) is 0 Å². The van der Waals surface area contributed by atoms with Crippen LogP contribution in [0.25, 0.3) is 0 Å². The lowest BCUT2D eigenvalue weighted by atomic mass is 10.1. The second kappa shape index (κ2) is 22.4. The molecule has 0 N–H and O–H groups in total. The molecule has 0 radical (unpaired) electrons. The average Bonchev–Trinajstić information content (AvgIpc) is 2.63. The van der Waals surface area contributed by atoms with Gasteiger partial charge in [0.05, 0.1) is 0 Å². The summed E-state index contributed by atoms with van der Waals surface area (Å²) in [4.78, 5) is 0. The lowest BCUT2D eigenvalue weighted by Gasteiger charge is -2.13. The highest BCUT2D eigenvalue weighted by molar-refractivity contribution is 6.55. The van der Waals surface area contributed by atoms with Crippen molar-refractivity contribution in [1.29, 1.82) is 0 Å². The second-order valence-electron chi connectivity index (χ2n) is 8.09. The van der Waals surface area contributed by atoms with Gasteiger partial charge in [0, 0.05) is 0 Å². The van der Waals surface area contributed by atoms with Crippen LogP contribution in [-0.2, 0) is 4.12 Å². The fourth-order valence-corrected chi connectivity index (χ4v) is 7.41. The number of rotatable bonds is 21. The third-order valence-corrected chi connectivity index (χ3v) is 10.4. The zero-order valence-corrected chi connectivity index (χ0v) is 21.3. The van der Waals surface area contributed by atoms with Crippen molar-refractivity contribution in [3.8, 4) is 0 Å². The molecule has 0 bridgehead atoms. The first-order chi connectivity index (χ1) is 12.3. The van der Waals surface area contributed by atoms with Crippen molar-refractivity contribution in [3.05, 3.63) is 0 Å². The molecular formula is C22H50OSi2. The average molecular weight is 387 g/mol. The Hall–Kier alpha value is 0.394. The van der Waals surface area contributed by atoms with Gasteiger partial charge in [0.1, 0.15) is 10.5 Å². The Balaban J connectivity index is 3.28. The summed E-state index contributed by atoms with van der Waals surface area (Å²) >= 11 is 0. The molecule has 0 saturated carbocycles. The van der Waals surface area contributed by atoms with Gasteiger partial charge in [-0.15, -0.1) is 0 Å². The minimum atomic E-state index is -0.800. The molecule has 3 heteroatoms. The van der Waals surface area contributed by atoms with Gasteiger partial charge in [-0.1, -0.05) is 129 Å². The summed E-state index contributed by atoms with van der Waals surface area (Å²) in [6.07, 6.45) is 26.1. The minimum Gasteiger partial charge on any atom is -0.465 e. The third-order valence-electron chi connectivity index (χ3n) is 5.59. The van der Waals surface area contributed by atoms with Crippen molar-refractivity contribution in [2.75, 3.05) is 0 Å². The topological polar surface area (TPSA) is 9.23 Å². The maximum absolute atomic E-state index is 5.97. The summed E-state index contributed by atoms with van der Waals surface area (Å²) in [5, 5.41) is 0. The molecule has 0 rings (SSSR count). The molecule has 0 atom stereocenters. The van der Waals surface area contributed by atoms with Crippen LogP contribution in [0.2, 0.25) is 12.1 Å². The zero-order valence-electron chi connectivity index (χ0n) is 18.1. The molecule has 0 aromatic heterocycles. The van der Waals surface area contributed by atoms with E-state index in [9.17, 15) is 0 Å². The van der Waals surface area contributed by atoms with Gasteiger partial charge in [0.15, 0.2) is 9.04 Å². The highest BCUT2D eigenvalue weighted by atomic mass is 28.3. The maximum atomic E-state index is 5.97. The number of hydrogen-bond donors (Lipinski definition) is 0.